The van der Waals surface area contributed by atoms with Crippen LogP contribution in [0.15, 0.2) is 42.5 Å². The number of hydrogen-bond acceptors (Lipinski definition) is 2. The molecule has 0 unspecified atom stereocenters. The molecule has 1 N–H and O–H groups in total. The molecule has 2 aromatic carbocycles. The SMILES string of the molecule is CCc1ccccc1NC(=S)N1CCN(c2cc(C)ccc2C)CC1. The Kier molecular flexibility index (Phi) is 5.59. The molecule has 0 radical (unpaired) electrons. The lowest BCUT2D eigenvalue weighted by Gasteiger charge is -2.38. The summed E-state index contributed by atoms with van der Waals surface area (Å²) in [5.74, 6) is 0. The van der Waals surface area contributed by atoms with Gasteiger partial charge in [0.2, 0.25) is 0 Å². The van der Waals surface area contributed by atoms with E-state index in [0.29, 0.717) is 0 Å². The molecule has 25 heavy (non-hydrogen) atoms. The van der Waals surface area contributed by atoms with Crippen molar-refractivity contribution in [2.45, 2.75) is 27.2 Å². The predicted octanol–water partition coefficient (Wildman–Crippen LogP) is 4.38. The van der Waals surface area contributed by atoms with Crippen LogP contribution in [0.2, 0.25) is 0 Å². The molecule has 1 saturated heterocycles. The molecule has 0 aromatic heterocycles. The van der Waals surface area contributed by atoms with Crippen molar-refractivity contribution in [3.63, 3.8) is 0 Å². The minimum atomic E-state index is 0.835. The zero-order chi connectivity index (χ0) is 17.8. The van der Waals surface area contributed by atoms with Crippen LogP contribution in [0.4, 0.5) is 11.4 Å². The first-order chi connectivity index (χ1) is 12.1. The third-order valence-corrected chi connectivity index (χ3v) is 5.27. The highest BCUT2D eigenvalue weighted by Crippen LogP contribution is 2.23. The number of hydrogen-bond donors (Lipinski definition) is 1. The molecule has 0 saturated carbocycles. The molecule has 1 aliphatic heterocycles. The Morgan fingerprint density at radius 3 is 2.48 bits per heavy atom. The number of piperazine rings is 1. The van der Waals surface area contributed by atoms with Gasteiger partial charge in [0.25, 0.3) is 0 Å². The maximum atomic E-state index is 5.66. The predicted molar refractivity (Wildman–Crippen MR) is 112 cm³/mol. The van der Waals surface area contributed by atoms with Crippen molar-refractivity contribution in [3.8, 4) is 0 Å². The smallest absolute Gasteiger partial charge is 0.173 e. The van der Waals surface area contributed by atoms with E-state index in [2.05, 4.69) is 78.4 Å². The van der Waals surface area contributed by atoms with E-state index < -0.39 is 0 Å². The third-order valence-electron chi connectivity index (χ3n) is 4.91. The van der Waals surface area contributed by atoms with Crippen LogP contribution >= 0.6 is 12.2 Å². The Labute approximate surface area is 156 Å². The van der Waals surface area contributed by atoms with Gasteiger partial charge < -0.3 is 15.1 Å². The Bertz CT molecular complexity index is 749. The summed E-state index contributed by atoms with van der Waals surface area (Å²) < 4.78 is 0. The largest absolute Gasteiger partial charge is 0.368 e. The maximum absolute atomic E-state index is 5.66. The van der Waals surface area contributed by atoms with Crippen molar-refractivity contribution in [1.29, 1.82) is 0 Å². The van der Waals surface area contributed by atoms with Gasteiger partial charge in [-0.15, -0.1) is 0 Å². The van der Waals surface area contributed by atoms with Crippen LogP contribution in [-0.2, 0) is 6.42 Å². The topological polar surface area (TPSA) is 18.5 Å². The van der Waals surface area contributed by atoms with E-state index in [4.69, 9.17) is 12.2 Å². The molecule has 132 valence electrons. The molecule has 0 atom stereocenters. The summed E-state index contributed by atoms with van der Waals surface area (Å²) in [5, 5.41) is 4.28. The van der Waals surface area contributed by atoms with Crippen molar-refractivity contribution in [2.24, 2.45) is 0 Å². The van der Waals surface area contributed by atoms with E-state index in [-0.39, 0.29) is 0 Å². The molecule has 0 spiro atoms. The Hall–Kier alpha value is -2.07. The summed E-state index contributed by atoms with van der Waals surface area (Å²) in [5.41, 5.74) is 6.45. The molecule has 4 heteroatoms. The van der Waals surface area contributed by atoms with E-state index in [0.717, 1.165) is 43.4 Å². The number of nitrogens with zero attached hydrogens (tertiary/aromatic N) is 2. The van der Waals surface area contributed by atoms with Crippen molar-refractivity contribution >= 4 is 28.7 Å². The lowest BCUT2D eigenvalue weighted by atomic mass is 10.1. The third kappa shape index (κ3) is 4.13. The number of para-hydroxylation sites is 1. The first-order valence-corrected chi connectivity index (χ1v) is 9.45. The second kappa shape index (κ2) is 7.87. The molecule has 1 aliphatic rings. The number of thiocarbonyl (C=S) groups is 1. The summed E-state index contributed by atoms with van der Waals surface area (Å²) >= 11 is 5.66. The van der Waals surface area contributed by atoms with Crippen molar-refractivity contribution in [3.05, 3.63) is 59.2 Å². The molecule has 3 nitrogen and oxygen atoms in total. The van der Waals surface area contributed by atoms with Crippen LogP contribution in [0.5, 0.6) is 0 Å². The maximum Gasteiger partial charge on any atom is 0.173 e. The average molecular weight is 354 g/mol. The van der Waals surface area contributed by atoms with Crippen molar-refractivity contribution in [2.75, 3.05) is 36.4 Å². The first-order valence-electron chi connectivity index (χ1n) is 9.04. The van der Waals surface area contributed by atoms with Gasteiger partial charge in [0.15, 0.2) is 5.11 Å². The van der Waals surface area contributed by atoms with Gasteiger partial charge in [0.1, 0.15) is 0 Å². The van der Waals surface area contributed by atoms with Gasteiger partial charge in [-0.2, -0.15) is 0 Å². The van der Waals surface area contributed by atoms with E-state index in [1.165, 1.54) is 22.4 Å². The van der Waals surface area contributed by atoms with Gasteiger partial charge in [-0.3, -0.25) is 0 Å². The molecule has 0 bridgehead atoms. The molecule has 2 aromatic rings. The van der Waals surface area contributed by atoms with Crippen LogP contribution in [0.25, 0.3) is 0 Å². The summed E-state index contributed by atoms with van der Waals surface area (Å²) in [6.07, 6.45) is 1.01. The van der Waals surface area contributed by atoms with Crippen molar-refractivity contribution in [1.82, 2.24) is 4.90 Å². The highest BCUT2D eigenvalue weighted by Gasteiger charge is 2.20. The zero-order valence-electron chi connectivity index (χ0n) is 15.4. The minimum Gasteiger partial charge on any atom is -0.368 e. The fourth-order valence-corrected chi connectivity index (χ4v) is 3.65. The van der Waals surface area contributed by atoms with Crippen LogP contribution in [0.3, 0.4) is 0 Å². The Morgan fingerprint density at radius 1 is 1.04 bits per heavy atom. The van der Waals surface area contributed by atoms with Gasteiger partial charge in [-0.1, -0.05) is 37.3 Å². The lowest BCUT2D eigenvalue weighted by Crippen LogP contribution is -2.50. The number of benzene rings is 2. The van der Waals surface area contributed by atoms with Gasteiger partial charge in [0, 0.05) is 37.6 Å². The number of anilines is 2. The highest BCUT2D eigenvalue weighted by molar-refractivity contribution is 7.80. The Morgan fingerprint density at radius 2 is 1.76 bits per heavy atom. The van der Waals surface area contributed by atoms with Gasteiger partial charge >= 0.3 is 0 Å². The quantitative estimate of drug-likeness (QED) is 0.825. The average Bonchev–Trinajstić information content (AvgIpc) is 2.64. The van der Waals surface area contributed by atoms with Crippen LogP contribution < -0.4 is 10.2 Å². The van der Waals surface area contributed by atoms with Gasteiger partial charge in [-0.25, -0.2) is 0 Å². The lowest BCUT2D eigenvalue weighted by molar-refractivity contribution is 0.390. The molecular formula is C21H27N3S. The number of rotatable bonds is 3. The second-order valence-electron chi connectivity index (χ2n) is 6.70. The monoisotopic (exact) mass is 353 g/mol. The van der Waals surface area contributed by atoms with E-state index in [1.54, 1.807) is 0 Å². The van der Waals surface area contributed by atoms with Gasteiger partial charge in [-0.05, 0) is 61.3 Å². The fraction of sp³-hybridized carbons (Fsp3) is 0.381. The van der Waals surface area contributed by atoms with E-state index in [1.807, 2.05) is 0 Å². The normalized spacial score (nSPS) is 14.5. The van der Waals surface area contributed by atoms with Crippen LogP contribution in [0, 0.1) is 13.8 Å². The molecule has 0 amide bonds. The minimum absolute atomic E-state index is 0.835. The van der Waals surface area contributed by atoms with Crippen LogP contribution in [-0.4, -0.2) is 36.2 Å². The number of aryl methyl sites for hydroxylation is 3. The van der Waals surface area contributed by atoms with Crippen molar-refractivity contribution < 1.29 is 0 Å². The summed E-state index contributed by atoms with van der Waals surface area (Å²) in [7, 11) is 0. The fourth-order valence-electron chi connectivity index (χ4n) is 3.36. The second-order valence-corrected chi connectivity index (χ2v) is 7.09. The molecule has 3 rings (SSSR count). The summed E-state index contributed by atoms with van der Waals surface area (Å²) in [6.45, 7) is 10.4. The molecule has 1 heterocycles. The Balaban J connectivity index is 1.62. The first kappa shape index (κ1) is 17.7. The summed E-state index contributed by atoms with van der Waals surface area (Å²) in [4.78, 5) is 4.75. The number of nitrogens with one attached hydrogen (secondary N) is 1. The highest BCUT2D eigenvalue weighted by atomic mass is 32.1. The standard InChI is InChI=1S/C21H27N3S/c1-4-18-7-5-6-8-19(18)22-21(25)24-13-11-23(12-14-24)20-15-16(2)9-10-17(20)3/h5-10,15H,4,11-14H2,1-3H3,(H,22,25). The van der Waals surface area contributed by atoms with E-state index >= 15 is 0 Å². The molecule has 0 aliphatic carbocycles. The van der Waals surface area contributed by atoms with E-state index in [9.17, 15) is 0 Å². The zero-order valence-corrected chi connectivity index (χ0v) is 16.2. The molecule has 1 fully saturated rings. The summed E-state index contributed by atoms with van der Waals surface area (Å²) in [6, 6.07) is 15.1. The van der Waals surface area contributed by atoms with Crippen LogP contribution in [0.1, 0.15) is 23.6 Å². The molecular weight excluding hydrogens is 326 g/mol. The van der Waals surface area contributed by atoms with Gasteiger partial charge in [0.05, 0.1) is 0 Å².